The fourth-order valence-corrected chi connectivity index (χ4v) is 4.12. The van der Waals surface area contributed by atoms with Crippen molar-refractivity contribution in [2.45, 2.75) is 25.9 Å². The maximum atomic E-state index is 10.0. The van der Waals surface area contributed by atoms with E-state index in [1.54, 1.807) is 18.4 Å². The maximum Gasteiger partial charge on any atom is 0.185 e. The van der Waals surface area contributed by atoms with Gasteiger partial charge in [-0.1, -0.05) is 12.1 Å². The van der Waals surface area contributed by atoms with Crippen LogP contribution in [0.4, 0.5) is 5.13 Å². The largest absolute Gasteiger partial charge is 0.497 e. The summed E-state index contributed by atoms with van der Waals surface area (Å²) in [6, 6.07) is 8.11. The molecule has 2 N–H and O–H groups in total. The molecule has 0 amide bonds. The average molecular weight is 348 g/mol. The van der Waals surface area contributed by atoms with Crippen LogP contribution in [0.5, 0.6) is 5.75 Å². The van der Waals surface area contributed by atoms with Crippen LogP contribution in [0.15, 0.2) is 29.6 Å². The van der Waals surface area contributed by atoms with Crippen molar-refractivity contribution in [1.29, 1.82) is 0 Å². The van der Waals surface area contributed by atoms with E-state index in [0.29, 0.717) is 0 Å². The van der Waals surface area contributed by atoms with Crippen molar-refractivity contribution in [1.82, 2.24) is 4.98 Å². The lowest BCUT2D eigenvalue weighted by Crippen LogP contribution is -2.43. The summed E-state index contributed by atoms with van der Waals surface area (Å²) in [4.78, 5) is 6.70. The molecule has 1 saturated heterocycles. The topological polar surface area (TPSA) is 65.8 Å². The van der Waals surface area contributed by atoms with Crippen molar-refractivity contribution in [3.05, 3.63) is 40.9 Å². The lowest BCUT2D eigenvalue weighted by molar-refractivity contribution is 0.0962. The van der Waals surface area contributed by atoms with Gasteiger partial charge in [0, 0.05) is 30.5 Å². The van der Waals surface area contributed by atoms with Gasteiger partial charge in [0.05, 0.1) is 19.4 Å². The van der Waals surface area contributed by atoms with Gasteiger partial charge >= 0.3 is 0 Å². The average Bonchev–Trinajstić information content (AvgIpc) is 3.12. The van der Waals surface area contributed by atoms with E-state index in [-0.39, 0.29) is 18.6 Å². The molecule has 5 nitrogen and oxygen atoms in total. The standard InChI is InChI=1S/C18H24N2O3S/c1-23-16-4-2-14(3-5-16)10-18(13-22)6-8-20(9-7-18)17-19-15(11-21)12-24-17/h2-5,12,21-22H,6-11,13H2,1H3. The second-order valence-corrected chi connectivity index (χ2v) is 7.29. The molecule has 2 aromatic rings. The van der Waals surface area contributed by atoms with Gasteiger partial charge in [0.15, 0.2) is 5.13 Å². The van der Waals surface area contributed by atoms with Crippen LogP contribution >= 0.6 is 11.3 Å². The monoisotopic (exact) mass is 348 g/mol. The number of aliphatic hydroxyl groups excluding tert-OH is 2. The van der Waals surface area contributed by atoms with Crippen molar-refractivity contribution in [2.24, 2.45) is 5.41 Å². The number of nitrogens with zero attached hydrogens (tertiary/aromatic N) is 2. The molecular formula is C18H24N2O3S. The van der Waals surface area contributed by atoms with Gasteiger partial charge in [0.1, 0.15) is 5.75 Å². The van der Waals surface area contributed by atoms with Crippen molar-refractivity contribution < 1.29 is 14.9 Å². The Morgan fingerprint density at radius 1 is 1.21 bits per heavy atom. The summed E-state index contributed by atoms with van der Waals surface area (Å²) >= 11 is 1.57. The second kappa shape index (κ2) is 7.51. The van der Waals surface area contributed by atoms with Gasteiger partial charge in [0.25, 0.3) is 0 Å². The minimum atomic E-state index is -0.0673. The summed E-state index contributed by atoms with van der Waals surface area (Å²) in [6.45, 7) is 1.96. The van der Waals surface area contributed by atoms with Crippen molar-refractivity contribution in [3.63, 3.8) is 0 Å². The number of methoxy groups -OCH3 is 1. The Bertz CT molecular complexity index is 649. The molecule has 3 rings (SSSR count). The molecule has 1 aromatic heterocycles. The number of piperidine rings is 1. The molecule has 0 aliphatic carbocycles. The highest BCUT2D eigenvalue weighted by molar-refractivity contribution is 7.13. The van der Waals surface area contributed by atoms with Gasteiger partial charge in [-0.2, -0.15) is 0 Å². The highest BCUT2D eigenvalue weighted by Gasteiger charge is 2.35. The quantitative estimate of drug-likeness (QED) is 0.839. The summed E-state index contributed by atoms with van der Waals surface area (Å²) in [5.74, 6) is 0.857. The van der Waals surface area contributed by atoms with Crippen LogP contribution in [0.1, 0.15) is 24.1 Å². The van der Waals surface area contributed by atoms with E-state index in [1.165, 1.54) is 5.56 Å². The molecule has 130 valence electrons. The molecule has 0 spiro atoms. The Kier molecular flexibility index (Phi) is 5.38. The SMILES string of the molecule is COc1ccc(CC2(CO)CCN(c3nc(CO)cs3)CC2)cc1. The molecule has 0 bridgehead atoms. The van der Waals surface area contributed by atoms with Crippen LogP contribution < -0.4 is 9.64 Å². The Morgan fingerprint density at radius 2 is 1.92 bits per heavy atom. The molecule has 6 heteroatoms. The fraction of sp³-hybridized carbons (Fsp3) is 0.500. The third-order valence-electron chi connectivity index (χ3n) is 4.87. The minimum absolute atomic E-state index is 0.0115. The first-order valence-corrected chi connectivity index (χ1v) is 9.10. The van der Waals surface area contributed by atoms with Crippen LogP contribution in [0.3, 0.4) is 0 Å². The number of thiazole rings is 1. The number of ether oxygens (including phenoxy) is 1. The molecule has 0 saturated carbocycles. The number of benzene rings is 1. The van der Waals surface area contributed by atoms with Gasteiger partial charge in [-0.25, -0.2) is 4.98 Å². The molecule has 1 aliphatic rings. The molecule has 1 aromatic carbocycles. The number of aliphatic hydroxyl groups is 2. The molecule has 0 unspecified atom stereocenters. The summed E-state index contributed by atoms with van der Waals surface area (Å²) in [6.07, 6.45) is 2.74. The van der Waals surface area contributed by atoms with Gasteiger partial charge in [0.2, 0.25) is 0 Å². The van der Waals surface area contributed by atoms with Gasteiger partial charge in [-0.3, -0.25) is 0 Å². The lowest BCUT2D eigenvalue weighted by atomic mass is 9.74. The zero-order valence-corrected chi connectivity index (χ0v) is 14.8. The first kappa shape index (κ1) is 17.2. The van der Waals surface area contributed by atoms with E-state index in [1.807, 2.05) is 17.5 Å². The maximum absolute atomic E-state index is 10.0. The molecule has 1 fully saturated rings. The summed E-state index contributed by atoms with van der Waals surface area (Å²) in [5.41, 5.74) is 1.89. The highest BCUT2D eigenvalue weighted by atomic mass is 32.1. The smallest absolute Gasteiger partial charge is 0.185 e. The number of hydrogen-bond acceptors (Lipinski definition) is 6. The molecule has 1 aliphatic heterocycles. The Morgan fingerprint density at radius 3 is 2.46 bits per heavy atom. The van der Waals surface area contributed by atoms with Crippen molar-refractivity contribution in [2.75, 3.05) is 31.7 Å². The number of hydrogen-bond donors (Lipinski definition) is 2. The van der Waals surface area contributed by atoms with Gasteiger partial charge < -0.3 is 19.8 Å². The zero-order valence-electron chi connectivity index (χ0n) is 13.9. The third kappa shape index (κ3) is 3.71. The van der Waals surface area contributed by atoms with Crippen LogP contribution in [-0.2, 0) is 13.0 Å². The van der Waals surface area contributed by atoms with E-state index in [2.05, 4.69) is 22.0 Å². The van der Waals surface area contributed by atoms with Gasteiger partial charge in [-0.05, 0) is 37.0 Å². The predicted molar refractivity (Wildman–Crippen MR) is 95.7 cm³/mol. The predicted octanol–water partition coefficient (Wildman–Crippen LogP) is 2.47. The van der Waals surface area contributed by atoms with E-state index < -0.39 is 0 Å². The molecule has 24 heavy (non-hydrogen) atoms. The van der Waals surface area contributed by atoms with E-state index in [9.17, 15) is 5.11 Å². The van der Waals surface area contributed by atoms with Crippen molar-refractivity contribution >= 4 is 16.5 Å². The Hall–Kier alpha value is -1.63. The second-order valence-electron chi connectivity index (χ2n) is 6.45. The summed E-state index contributed by atoms with van der Waals surface area (Å²) < 4.78 is 5.21. The third-order valence-corrected chi connectivity index (χ3v) is 5.82. The Labute approximate surface area is 146 Å². The zero-order chi connectivity index (χ0) is 17.0. The number of aromatic nitrogens is 1. The Balaban J connectivity index is 1.64. The first-order chi connectivity index (χ1) is 11.7. The summed E-state index contributed by atoms with van der Waals surface area (Å²) in [5, 5.41) is 22.0. The molecular weight excluding hydrogens is 324 g/mol. The highest BCUT2D eigenvalue weighted by Crippen LogP contribution is 2.37. The van der Waals surface area contributed by atoms with E-state index in [4.69, 9.17) is 9.84 Å². The van der Waals surface area contributed by atoms with E-state index in [0.717, 1.165) is 48.9 Å². The molecule has 0 radical (unpaired) electrons. The fourth-order valence-electron chi connectivity index (χ4n) is 3.25. The van der Waals surface area contributed by atoms with Crippen molar-refractivity contribution in [3.8, 4) is 5.75 Å². The van der Waals surface area contributed by atoms with Crippen LogP contribution in [0, 0.1) is 5.41 Å². The van der Waals surface area contributed by atoms with Crippen LogP contribution in [0.25, 0.3) is 0 Å². The summed E-state index contributed by atoms with van der Waals surface area (Å²) in [7, 11) is 1.67. The first-order valence-electron chi connectivity index (χ1n) is 8.22. The van der Waals surface area contributed by atoms with Gasteiger partial charge in [-0.15, -0.1) is 11.3 Å². The number of anilines is 1. The minimum Gasteiger partial charge on any atom is -0.497 e. The van der Waals surface area contributed by atoms with E-state index >= 15 is 0 Å². The van der Waals surface area contributed by atoms with Crippen LogP contribution in [-0.4, -0.2) is 42.0 Å². The molecule has 0 atom stereocenters. The molecule has 2 heterocycles. The van der Waals surface area contributed by atoms with Crippen LogP contribution in [0.2, 0.25) is 0 Å². The number of rotatable bonds is 6. The lowest BCUT2D eigenvalue weighted by Gasteiger charge is -2.41. The normalized spacial score (nSPS) is 17.0.